The molecule has 0 saturated heterocycles. The van der Waals surface area contributed by atoms with Crippen LogP contribution in [0.25, 0.3) is 11.4 Å². The molecular formula is C19H13Cl2F3N2O2. The van der Waals surface area contributed by atoms with Crippen molar-refractivity contribution >= 4 is 29.2 Å². The Morgan fingerprint density at radius 1 is 1.18 bits per heavy atom. The van der Waals surface area contributed by atoms with Crippen molar-refractivity contribution in [3.05, 3.63) is 75.0 Å². The summed E-state index contributed by atoms with van der Waals surface area (Å²) in [7, 11) is 0. The maximum absolute atomic E-state index is 13.1. The largest absolute Gasteiger partial charge is 0.477 e. The van der Waals surface area contributed by atoms with E-state index < -0.39 is 17.7 Å². The first-order chi connectivity index (χ1) is 13.1. The van der Waals surface area contributed by atoms with Crippen molar-refractivity contribution in [3.8, 4) is 11.4 Å². The molecule has 28 heavy (non-hydrogen) atoms. The minimum absolute atomic E-state index is 0.0204. The van der Waals surface area contributed by atoms with Gasteiger partial charge in [-0.05, 0) is 42.8 Å². The number of carboxylic acids is 1. The smallest absolute Gasteiger partial charge is 0.416 e. The highest BCUT2D eigenvalue weighted by molar-refractivity contribution is 6.33. The fourth-order valence-corrected chi connectivity index (χ4v) is 3.26. The number of halogens is 5. The third kappa shape index (κ3) is 4.00. The van der Waals surface area contributed by atoms with Crippen LogP contribution in [0.3, 0.4) is 0 Å². The van der Waals surface area contributed by atoms with E-state index >= 15 is 0 Å². The molecule has 3 aromatic rings. The lowest BCUT2D eigenvalue weighted by molar-refractivity contribution is -0.137. The first kappa shape index (κ1) is 20.2. The Morgan fingerprint density at radius 3 is 2.54 bits per heavy atom. The maximum atomic E-state index is 13.1. The molecule has 0 amide bonds. The van der Waals surface area contributed by atoms with Crippen LogP contribution in [0.2, 0.25) is 10.0 Å². The van der Waals surface area contributed by atoms with Gasteiger partial charge in [-0.1, -0.05) is 35.3 Å². The Bertz CT molecular complexity index is 1060. The summed E-state index contributed by atoms with van der Waals surface area (Å²) in [5.74, 6) is -1.15. The predicted molar refractivity (Wildman–Crippen MR) is 99.9 cm³/mol. The van der Waals surface area contributed by atoms with Gasteiger partial charge < -0.3 is 9.67 Å². The first-order valence-electron chi connectivity index (χ1n) is 8.00. The summed E-state index contributed by atoms with van der Waals surface area (Å²) in [5.41, 5.74) is -0.151. The van der Waals surface area contributed by atoms with Gasteiger partial charge in [0.05, 0.1) is 17.8 Å². The highest BCUT2D eigenvalue weighted by atomic mass is 35.5. The Balaban J connectivity index is 2.19. The lowest BCUT2D eigenvalue weighted by Crippen LogP contribution is -2.12. The SMILES string of the molecule is Cc1nc(-c2cccc(C(F)(F)F)c2)n(Cc2cc(Cl)ccc2Cl)c1C(=O)O. The molecule has 0 fully saturated rings. The predicted octanol–water partition coefficient (Wildman–Crippen LogP) is 5.93. The highest BCUT2D eigenvalue weighted by Crippen LogP contribution is 2.33. The average Bonchev–Trinajstić information content (AvgIpc) is 2.94. The van der Waals surface area contributed by atoms with Crippen molar-refractivity contribution in [2.24, 2.45) is 0 Å². The zero-order valence-electron chi connectivity index (χ0n) is 14.4. The molecule has 0 aliphatic heterocycles. The van der Waals surface area contributed by atoms with E-state index in [1.165, 1.54) is 23.6 Å². The van der Waals surface area contributed by atoms with Crippen molar-refractivity contribution in [3.63, 3.8) is 0 Å². The van der Waals surface area contributed by atoms with Crippen molar-refractivity contribution in [2.45, 2.75) is 19.6 Å². The van der Waals surface area contributed by atoms with Gasteiger partial charge >= 0.3 is 12.1 Å². The minimum Gasteiger partial charge on any atom is -0.477 e. The molecule has 0 bridgehead atoms. The van der Waals surface area contributed by atoms with Gasteiger partial charge in [-0.15, -0.1) is 0 Å². The van der Waals surface area contributed by atoms with Crippen LogP contribution in [-0.2, 0) is 12.7 Å². The zero-order valence-corrected chi connectivity index (χ0v) is 15.9. The Labute approximate surface area is 168 Å². The summed E-state index contributed by atoms with van der Waals surface area (Å²) >= 11 is 12.2. The molecule has 2 aromatic carbocycles. The molecule has 4 nitrogen and oxygen atoms in total. The topological polar surface area (TPSA) is 55.1 Å². The van der Waals surface area contributed by atoms with Crippen molar-refractivity contribution in [2.75, 3.05) is 0 Å². The molecule has 1 N–H and O–H groups in total. The summed E-state index contributed by atoms with van der Waals surface area (Å²) in [6.07, 6.45) is -4.53. The third-order valence-electron chi connectivity index (χ3n) is 4.13. The highest BCUT2D eigenvalue weighted by Gasteiger charge is 2.31. The van der Waals surface area contributed by atoms with Crippen LogP contribution in [0.4, 0.5) is 13.2 Å². The van der Waals surface area contributed by atoms with Crippen LogP contribution in [0, 0.1) is 6.92 Å². The molecule has 9 heteroatoms. The molecular weight excluding hydrogens is 416 g/mol. The third-order valence-corrected chi connectivity index (χ3v) is 4.73. The molecule has 0 aliphatic carbocycles. The molecule has 0 atom stereocenters. The fraction of sp³-hybridized carbons (Fsp3) is 0.158. The van der Waals surface area contributed by atoms with Gasteiger partial charge in [-0.2, -0.15) is 13.2 Å². The summed E-state index contributed by atoms with van der Waals surface area (Å²) in [6.45, 7) is 1.46. The Morgan fingerprint density at radius 2 is 1.89 bits per heavy atom. The number of hydrogen-bond acceptors (Lipinski definition) is 2. The standard InChI is InChI=1S/C19H13Cl2F3N2O2/c1-10-16(18(27)28)26(9-12-8-14(20)5-6-15(12)21)17(25-10)11-3-2-4-13(7-11)19(22,23)24/h2-8H,9H2,1H3,(H,27,28). The number of imidazole rings is 1. The van der Waals surface area contributed by atoms with Crippen LogP contribution in [0.1, 0.15) is 27.3 Å². The van der Waals surface area contributed by atoms with Crippen LogP contribution < -0.4 is 0 Å². The number of benzene rings is 2. The van der Waals surface area contributed by atoms with Gasteiger partial charge in [0.25, 0.3) is 0 Å². The number of carboxylic acid groups (broad SMARTS) is 1. The molecule has 146 valence electrons. The zero-order chi connectivity index (χ0) is 20.6. The first-order valence-corrected chi connectivity index (χ1v) is 8.75. The molecule has 1 aromatic heterocycles. The second-order valence-corrected chi connectivity index (χ2v) is 6.92. The van der Waals surface area contributed by atoms with Crippen molar-refractivity contribution in [1.29, 1.82) is 0 Å². The molecule has 1 heterocycles. The van der Waals surface area contributed by atoms with E-state index in [4.69, 9.17) is 23.2 Å². The van der Waals surface area contributed by atoms with Crippen LogP contribution in [0.5, 0.6) is 0 Å². The number of aromatic nitrogens is 2. The summed E-state index contributed by atoms with van der Waals surface area (Å²) in [6, 6.07) is 9.28. The van der Waals surface area contributed by atoms with E-state index in [0.29, 0.717) is 15.6 Å². The van der Waals surface area contributed by atoms with Crippen LogP contribution in [-0.4, -0.2) is 20.6 Å². The van der Waals surface area contributed by atoms with E-state index in [0.717, 1.165) is 12.1 Å². The number of hydrogen-bond donors (Lipinski definition) is 1. The number of nitrogens with zero attached hydrogens (tertiary/aromatic N) is 2. The van der Waals surface area contributed by atoms with Gasteiger partial charge in [-0.3, -0.25) is 0 Å². The van der Waals surface area contributed by atoms with E-state index in [1.54, 1.807) is 18.2 Å². The molecule has 3 rings (SSSR count). The molecule has 0 aliphatic rings. The lowest BCUT2D eigenvalue weighted by Gasteiger charge is -2.13. The second-order valence-electron chi connectivity index (χ2n) is 6.08. The number of aromatic carboxylic acids is 1. The van der Waals surface area contributed by atoms with E-state index in [2.05, 4.69) is 4.98 Å². The van der Waals surface area contributed by atoms with Gasteiger partial charge in [0.1, 0.15) is 5.82 Å². The van der Waals surface area contributed by atoms with Gasteiger partial charge in [0.15, 0.2) is 5.69 Å². The quantitative estimate of drug-likeness (QED) is 0.559. The summed E-state index contributed by atoms with van der Waals surface area (Å²) in [4.78, 5) is 16.0. The lowest BCUT2D eigenvalue weighted by atomic mass is 10.1. The Hall–Kier alpha value is -2.51. The Kier molecular flexibility index (Phi) is 5.41. The van der Waals surface area contributed by atoms with E-state index in [9.17, 15) is 23.1 Å². The fourth-order valence-electron chi connectivity index (χ4n) is 2.89. The van der Waals surface area contributed by atoms with Crippen molar-refractivity contribution in [1.82, 2.24) is 9.55 Å². The van der Waals surface area contributed by atoms with Gasteiger partial charge in [0, 0.05) is 15.6 Å². The molecule has 0 radical (unpaired) electrons. The van der Waals surface area contributed by atoms with Gasteiger partial charge in [0.2, 0.25) is 0 Å². The van der Waals surface area contributed by atoms with Gasteiger partial charge in [-0.25, -0.2) is 9.78 Å². The number of rotatable bonds is 4. The summed E-state index contributed by atoms with van der Waals surface area (Å²) in [5, 5.41) is 10.3. The van der Waals surface area contributed by atoms with E-state index in [1.807, 2.05) is 0 Å². The maximum Gasteiger partial charge on any atom is 0.416 e. The van der Waals surface area contributed by atoms with E-state index in [-0.39, 0.29) is 29.3 Å². The number of aryl methyl sites for hydroxylation is 1. The van der Waals surface area contributed by atoms with Crippen LogP contribution in [0.15, 0.2) is 42.5 Å². The number of carbonyl (C=O) groups is 1. The monoisotopic (exact) mass is 428 g/mol. The van der Waals surface area contributed by atoms with Crippen LogP contribution >= 0.6 is 23.2 Å². The second kappa shape index (κ2) is 7.48. The normalized spacial score (nSPS) is 11.6. The average molecular weight is 429 g/mol. The molecule has 0 spiro atoms. The van der Waals surface area contributed by atoms with Crippen molar-refractivity contribution < 1.29 is 23.1 Å². The summed E-state index contributed by atoms with van der Waals surface area (Å²) < 4.78 is 40.6. The number of alkyl halides is 3. The minimum atomic E-state index is -4.53. The molecule has 0 unspecified atom stereocenters. The molecule has 0 saturated carbocycles.